The number of esters is 1. The van der Waals surface area contributed by atoms with Crippen molar-refractivity contribution in [3.05, 3.63) is 64.7 Å². The summed E-state index contributed by atoms with van der Waals surface area (Å²) in [6.45, 7) is 6.12. The molecule has 4 nitrogen and oxygen atoms in total. The molecule has 0 atom stereocenters. The fourth-order valence-corrected chi connectivity index (χ4v) is 2.41. The van der Waals surface area contributed by atoms with Crippen LogP contribution in [-0.2, 0) is 17.8 Å². The highest BCUT2D eigenvalue weighted by Crippen LogP contribution is 2.20. The molecule has 0 saturated heterocycles. The summed E-state index contributed by atoms with van der Waals surface area (Å²) < 4.78 is 10.7. The molecule has 4 heteroatoms. The zero-order chi connectivity index (χ0) is 17.5. The van der Waals surface area contributed by atoms with Gasteiger partial charge in [0.15, 0.2) is 5.78 Å². The van der Waals surface area contributed by atoms with Gasteiger partial charge in [0.1, 0.15) is 12.4 Å². The predicted octanol–water partition coefficient (Wildman–Crippen LogP) is 4.21. The zero-order valence-corrected chi connectivity index (χ0v) is 14.3. The number of hydrogen-bond acceptors (Lipinski definition) is 4. The third kappa shape index (κ3) is 4.44. The van der Waals surface area contributed by atoms with Gasteiger partial charge in [-0.05, 0) is 61.7 Å². The average molecular weight is 326 g/mol. The van der Waals surface area contributed by atoms with Crippen LogP contribution in [0.1, 0.15) is 52.6 Å². The van der Waals surface area contributed by atoms with Crippen LogP contribution in [0.2, 0.25) is 0 Å². The van der Waals surface area contributed by atoms with E-state index in [1.165, 1.54) is 0 Å². The van der Waals surface area contributed by atoms with Crippen molar-refractivity contribution in [1.29, 1.82) is 0 Å². The number of hydrogen-bond donors (Lipinski definition) is 0. The van der Waals surface area contributed by atoms with Gasteiger partial charge in [-0.3, -0.25) is 4.79 Å². The molecule has 0 spiro atoms. The van der Waals surface area contributed by atoms with E-state index in [2.05, 4.69) is 0 Å². The Bertz CT molecular complexity index is 717. The van der Waals surface area contributed by atoms with Gasteiger partial charge >= 0.3 is 5.97 Å². The third-order valence-electron chi connectivity index (χ3n) is 3.71. The van der Waals surface area contributed by atoms with Crippen molar-refractivity contribution in [3.63, 3.8) is 0 Å². The first-order chi connectivity index (χ1) is 11.5. The van der Waals surface area contributed by atoms with Crippen molar-refractivity contribution in [3.8, 4) is 5.75 Å². The molecule has 0 aliphatic heterocycles. The Labute approximate surface area is 142 Å². The van der Waals surface area contributed by atoms with Gasteiger partial charge in [-0.15, -0.1) is 0 Å². The first-order valence-corrected chi connectivity index (χ1v) is 8.07. The molecule has 126 valence electrons. The second kappa shape index (κ2) is 8.29. The average Bonchev–Trinajstić information content (AvgIpc) is 2.60. The maximum atomic E-state index is 11.6. The van der Waals surface area contributed by atoms with E-state index >= 15 is 0 Å². The summed E-state index contributed by atoms with van der Waals surface area (Å²) in [4.78, 5) is 23.2. The van der Waals surface area contributed by atoms with Gasteiger partial charge in [0.25, 0.3) is 0 Å². The highest BCUT2D eigenvalue weighted by molar-refractivity contribution is 5.95. The maximum Gasteiger partial charge on any atom is 0.338 e. The van der Waals surface area contributed by atoms with Gasteiger partial charge in [-0.1, -0.05) is 19.1 Å². The van der Waals surface area contributed by atoms with Gasteiger partial charge in [-0.25, -0.2) is 4.79 Å². The molecule has 0 fully saturated rings. The molecule has 0 saturated carbocycles. The number of benzene rings is 2. The van der Waals surface area contributed by atoms with E-state index in [9.17, 15) is 9.59 Å². The Morgan fingerprint density at radius 3 is 2.29 bits per heavy atom. The van der Waals surface area contributed by atoms with Crippen LogP contribution in [0.25, 0.3) is 0 Å². The lowest BCUT2D eigenvalue weighted by molar-refractivity contribution is 0.0526. The lowest BCUT2D eigenvalue weighted by atomic mass is 10.0. The monoisotopic (exact) mass is 326 g/mol. The quantitative estimate of drug-likeness (QED) is 0.565. The number of ether oxygens (including phenoxy) is 2. The minimum atomic E-state index is -0.322. The molecule has 0 N–H and O–H groups in total. The Kier molecular flexibility index (Phi) is 6.13. The van der Waals surface area contributed by atoms with Crippen LogP contribution in [0.4, 0.5) is 0 Å². The van der Waals surface area contributed by atoms with E-state index < -0.39 is 0 Å². The standard InChI is InChI=1S/C20H22O4/c1-4-16-12-18(10-11-19(16)14(3)21)24-13-15-6-8-17(9-7-15)20(22)23-5-2/h6-12H,4-5,13H2,1-3H3. The second-order valence-corrected chi connectivity index (χ2v) is 5.43. The van der Waals surface area contributed by atoms with Gasteiger partial charge in [0.05, 0.1) is 12.2 Å². The smallest absolute Gasteiger partial charge is 0.338 e. The fourth-order valence-electron chi connectivity index (χ4n) is 2.41. The summed E-state index contributed by atoms with van der Waals surface area (Å²) in [5, 5.41) is 0. The van der Waals surface area contributed by atoms with Crippen molar-refractivity contribution >= 4 is 11.8 Å². The normalized spacial score (nSPS) is 10.3. The highest BCUT2D eigenvalue weighted by atomic mass is 16.5. The minimum absolute atomic E-state index is 0.0629. The largest absolute Gasteiger partial charge is 0.489 e. The van der Waals surface area contributed by atoms with Crippen molar-refractivity contribution in [1.82, 2.24) is 0 Å². The summed E-state index contributed by atoms with van der Waals surface area (Å²) in [5.41, 5.74) is 3.21. The third-order valence-corrected chi connectivity index (χ3v) is 3.71. The zero-order valence-electron chi connectivity index (χ0n) is 14.3. The minimum Gasteiger partial charge on any atom is -0.489 e. The molecular formula is C20H22O4. The van der Waals surface area contributed by atoms with Crippen molar-refractivity contribution < 1.29 is 19.1 Å². The summed E-state index contributed by atoms with van der Waals surface area (Å²) in [6, 6.07) is 12.7. The molecule has 2 aromatic carbocycles. The molecule has 2 rings (SSSR count). The molecule has 0 aliphatic carbocycles. The molecule has 0 aliphatic rings. The van der Waals surface area contributed by atoms with Crippen LogP contribution in [0.3, 0.4) is 0 Å². The molecule has 0 bridgehead atoms. The number of aryl methyl sites for hydroxylation is 1. The van der Waals surface area contributed by atoms with Crippen LogP contribution in [0, 0.1) is 0 Å². The van der Waals surface area contributed by atoms with E-state index in [1.807, 2.05) is 31.2 Å². The summed E-state index contributed by atoms with van der Waals surface area (Å²) in [6.07, 6.45) is 0.778. The van der Waals surface area contributed by atoms with E-state index in [-0.39, 0.29) is 11.8 Å². The van der Waals surface area contributed by atoms with Crippen LogP contribution < -0.4 is 4.74 Å². The van der Waals surface area contributed by atoms with E-state index in [4.69, 9.17) is 9.47 Å². The van der Waals surface area contributed by atoms with Crippen molar-refractivity contribution in [2.45, 2.75) is 33.8 Å². The lowest BCUT2D eigenvalue weighted by Crippen LogP contribution is -2.05. The molecule has 0 radical (unpaired) electrons. The number of carbonyl (C=O) groups is 2. The van der Waals surface area contributed by atoms with Gasteiger partial charge in [0.2, 0.25) is 0 Å². The SMILES string of the molecule is CCOC(=O)c1ccc(COc2ccc(C(C)=O)c(CC)c2)cc1. The maximum absolute atomic E-state index is 11.6. The van der Waals surface area contributed by atoms with Crippen molar-refractivity contribution in [2.75, 3.05) is 6.61 Å². The van der Waals surface area contributed by atoms with Gasteiger partial charge < -0.3 is 9.47 Å². The van der Waals surface area contributed by atoms with E-state index in [0.29, 0.717) is 18.8 Å². The highest BCUT2D eigenvalue weighted by Gasteiger charge is 2.08. The molecule has 24 heavy (non-hydrogen) atoms. The van der Waals surface area contributed by atoms with E-state index in [0.717, 1.165) is 28.9 Å². The summed E-state index contributed by atoms with van der Waals surface area (Å²) in [5.74, 6) is 0.469. The Balaban J connectivity index is 2.03. The number of Topliss-reactive ketones (excluding diaryl/α,β-unsaturated/α-hetero) is 1. The van der Waals surface area contributed by atoms with Crippen molar-refractivity contribution in [2.24, 2.45) is 0 Å². The molecule has 0 aromatic heterocycles. The van der Waals surface area contributed by atoms with Crippen LogP contribution >= 0.6 is 0 Å². The topological polar surface area (TPSA) is 52.6 Å². The molecule has 2 aromatic rings. The Morgan fingerprint density at radius 1 is 1.00 bits per heavy atom. The second-order valence-electron chi connectivity index (χ2n) is 5.43. The Morgan fingerprint density at radius 2 is 1.71 bits per heavy atom. The van der Waals surface area contributed by atoms with Crippen LogP contribution in [-0.4, -0.2) is 18.4 Å². The molecule has 0 unspecified atom stereocenters. The van der Waals surface area contributed by atoms with Gasteiger partial charge in [0, 0.05) is 5.56 Å². The first kappa shape index (κ1) is 17.7. The lowest BCUT2D eigenvalue weighted by Gasteiger charge is -2.10. The first-order valence-electron chi connectivity index (χ1n) is 8.07. The van der Waals surface area contributed by atoms with Crippen LogP contribution in [0.5, 0.6) is 5.75 Å². The van der Waals surface area contributed by atoms with Crippen LogP contribution in [0.15, 0.2) is 42.5 Å². The summed E-state index contributed by atoms with van der Waals surface area (Å²) in [7, 11) is 0. The number of carbonyl (C=O) groups excluding carboxylic acids is 2. The number of rotatable bonds is 7. The van der Waals surface area contributed by atoms with Gasteiger partial charge in [-0.2, -0.15) is 0 Å². The molecular weight excluding hydrogens is 304 g/mol. The Hall–Kier alpha value is -2.62. The predicted molar refractivity (Wildman–Crippen MR) is 92.6 cm³/mol. The fraction of sp³-hybridized carbons (Fsp3) is 0.300. The van der Waals surface area contributed by atoms with E-state index in [1.54, 1.807) is 32.0 Å². The molecule has 0 amide bonds. The summed E-state index contributed by atoms with van der Waals surface area (Å²) >= 11 is 0. The molecule has 0 heterocycles. The number of ketones is 1.